The van der Waals surface area contributed by atoms with Gasteiger partial charge in [-0.05, 0) is 21.5 Å². The van der Waals surface area contributed by atoms with Gasteiger partial charge in [-0.2, -0.15) is 0 Å². The highest BCUT2D eigenvalue weighted by Gasteiger charge is 2.20. The molecular formula is C12H7BrClFN2O3. The maximum Gasteiger partial charge on any atom is 0.312 e. The molecule has 0 bridgehead atoms. The van der Waals surface area contributed by atoms with Gasteiger partial charge in [-0.1, -0.05) is 6.07 Å². The fourth-order valence-corrected chi connectivity index (χ4v) is 1.89. The van der Waals surface area contributed by atoms with Crippen LogP contribution in [0.2, 0.25) is 0 Å². The quantitative estimate of drug-likeness (QED) is 0.459. The van der Waals surface area contributed by atoms with E-state index >= 15 is 0 Å². The molecule has 1 aromatic carbocycles. The predicted molar refractivity (Wildman–Crippen MR) is 74.6 cm³/mol. The van der Waals surface area contributed by atoms with Gasteiger partial charge in [-0.25, -0.2) is 9.37 Å². The van der Waals surface area contributed by atoms with Gasteiger partial charge in [0.2, 0.25) is 11.6 Å². The van der Waals surface area contributed by atoms with Crippen molar-refractivity contribution in [3.8, 4) is 11.6 Å². The lowest BCUT2D eigenvalue weighted by Gasteiger charge is -2.06. The number of rotatable bonds is 4. The smallest absolute Gasteiger partial charge is 0.312 e. The number of hydrogen-bond donors (Lipinski definition) is 0. The number of nitro groups is 1. The fourth-order valence-electron chi connectivity index (χ4n) is 1.41. The van der Waals surface area contributed by atoms with Crippen LogP contribution in [0.5, 0.6) is 11.6 Å². The summed E-state index contributed by atoms with van der Waals surface area (Å²) in [6.45, 7) is 0. The summed E-state index contributed by atoms with van der Waals surface area (Å²) in [6.07, 6.45) is 1.48. The Morgan fingerprint density at radius 2 is 2.20 bits per heavy atom. The van der Waals surface area contributed by atoms with Crippen LogP contribution in [-0.4, -0.2) is 9.91 Å². The molecule has 0 aliphatic carbocycles. The lowest BCUT2D eigenvalue weighted by Crippen LogP contribution is -1.96. The van der Waals surface area contributed by atoms with Crippen LogP contribution in [0, 0.1) is 15.9 Å². The molecule has 8 heteroatoms. The molecule has 0 aliphatic heterocycles. The van der Waals surface area contributed by atoms with Crippen molar-refractivity contribution in [2.24, 2.45) is 0 Å². The van der Waals surface area contributed by atoms with E-state index in [-0.39, 0.29) is 21.8 Å². The molecule has 5 nitrogen and oxygen atoms in total. The third kappa shape index (κ3) is 3.23. The highest BCUT2D eigenvalue weighted by molar-refractivity contribution is 9.10. The molecule has 0 unspecified atom stereocenters. The van der Waals surface area contributed by atoms with E-state index in [1.54, 1.807) is 6.07 Å². The van der Waals surface area contributed by atoms with E-state index in [1.807, 2.05) is 0 Å². The van der Waals surface area contributed by atoms with Gasteiger partial charge in [0, 0.05) is 30.3 Å². The lowest BCUT2D eigenvalue weighted by molar-refractivity contribution is -0.385. The van der Waals surface area contributed by atoms with Gasteiger partial charge in [0.15, 0.2) is 0 Å². The SMILES string of the molecule is O=[N+]([O-])c1cc(Br)c(F)cc1Oc1ccc(CCl)cn1. The molecule has 0 spiro atoms. The number of nitro benzene ring substituents is 1. The summed E-state index contributed by atoms with van der Waals surface area (Å²) in [7, 11) is 0. The Kier molecular flexibility index (Phi) is 4.51. The molecule has 0 aliphatic rings. The molecule has 0 saturated heterocycles. The zero-order valence-corrected chi connectivity index (χ0v) is 12.2. The minimum atomic E-state index is -0.664. The first-order valence-electron chi connectivity index (χ1n) is 5.33. The number of nitrogens with zero attached hydrogens (tertiary/aromatic N) is 2. The Bertz CT molecular complexity index is 652. The summed E-state index contributed by atoms with van der Waals surface area (Å²) >= 11 is 8.51. The van der Waals surface area contributed by atoms with E-state index in [2.05, 4.69) is 20.9 Å². The van der Waals surface area contributed by atoms with Gasteiger partial charge in [0.05, 0.1) is 9.40 Å². The summed E-state index contributed by atoms with van der Waals surface area (Å²) in [5, 5.41) is 10.9. The van der Waals surface area contributed by atoms with Gasteiger partial charge in [0.1, 0.15) is 5.82 Å². The normalized spacial score (nSPS) is 10.3. The molecule has 104 valence electrons. The number of ether oxygens (including phenoxy) is 1. The van der Waals surface area contributed by atoms with Crippen LogP contribution in [0.3, 0.4) is 0 Å². The minimum absolute atomic E-state index is 0.0120. The first-order valence-corrected chi connectivity index (χ1v) is 6.66. The molecule has 0 fully saturated rings. The molecular weight excluding hydrogens is 354 g/mol. The average molecular weight is 362 g/mol. The van der Waals surface area contributed by atoms with Crippen molar-refractivity contribution in [3.63, 3.8) is 0 Å². The van der Waals surface area contributed by atoms with Crippen LogP contribution in [-0.2, 0) is 5.88 Å². The van der Waals surface area contributed by atoms with Crippen LogP contribution in [0.25, 0.3) is 0 Å². The molecule has 2 aromatic rings. The maximum atomic E-state index is 13.5. The molecule has 1 aromatic heterocycles. The van der Waals surface area contributed by atoms with Gasteiger partial charge < -0.3 is 4.74 Å². The van der Waals surface area contributed by atoms with Crippen LogP contribution in [0.4, 0.5) is 10.1 Å². The second kappa shape index (κ2) is 6.15. The zero-order chi connectivity index (χ0) is 14.7. The fraction of sp³-hybridized carbons (Fsp3) is 0.0833. The Hall–Kier alpha value is -1.73. The maximum absolute atomic E-state index is 13.5. The van der Waals surface area contributed by atoms with E-state index < -0.39 is 10.7 Å². The molecule has 0 atom stereocenters. The standard InChI is InChI=1S/C12H7BrClFN2O3/c13-8-3-10(17(18)19)11(4-9(8)15)20-12-2-1-7(5-14)6-16-12/h1-4,6H,5H2. The van der Waals surface area contributed by atoms with Crippen molar-refractivity contribution in [1.82, 2.24) is 4.98 Å². The molecule has 20 heavy (non-hydrogen) atoms. The van der Waals surface area contributed by atoms with Crippen LogP contribution < -0.4 is 4.74 Å². The van der Waals surface area contributed by atoms with Crippen molar-refractivity contribution >= 4 is 33.2 Å². The summed E-state index contributed by atoms with van der Waals surface area (Å²) in [5.41, 5.74) is 0.414. The van der Waals surface area contributed by atoms with Crippen molar-refractivity contribution in [1.29, 1.82) is 0 Å². The Morgan fingerprint density at radius 1 is 1.45 bits per heavy atom. The van der Waals surface area contributed by atoms with E-state index in [4.69, 9.17) is 16.3 Å². The zero-order valence-electron chi connectivity index (χ0n) is 9.85. The van der Waals surface area contributed by atoms with E-state index in [9.17, 15) is 14.5 Å². The van der Waals surface area contributed by atoms with Gasteiger partial charge in [-0.3, -0.25) is 10.1 Å². The third-order valence-electron chi connectivity index (χ3n) is 2.36. The summed E-state index contributed by atoms with van der Waals surface area (Å²) in [4.78, 5) is 14.2. The van der Waals surface area contributed by atoms with Crippen molar-refractivity contribution in [3.05, 3.63) is 56.4 Å². The topological polar surface area (TPSA) is 65.3 Å². The molecule has 1 heterocycles. The number of aromatic nitrogens is 1. The molecule has 0 amide bonds. The number of alkyl halides is 1. The highest BCUT2D eigenvalue weighted by atomic mass is 79.9. The van der Waals surface area contributed by atoms with Crippen molar-refractivity contribution < 1.29 is 14.1 Å². The van der Waals surface area contributed by atoms with Crippen LogP contribution in [0.1, 0.15) is 5.56 Å². The summed E-state index contributed by atoms with van der Waals surface area (Å²) < 4.78 is 18.7. The van der Waals surface area contributed by atoms with Gasteiger partial charge in [-0.15, -0.1) is 11.6 Å². The lowest BCUT2D eigenvalue weighted by atomic mass is 10.3. The van der Waals surface area contributed by atoms with Crippen LogP contribution in [0.15, 0.2) is 34.9 Å². The monoisotopic (exact) mass is 360 g/mol. The molecule has 0 N–H and O–H groups in total. The number of hydrogen-bond acceptors (Lipinski definition) is 4. The van der Waals surface area contributed by atoms with Gasteiger partial charge >= 0.3 is 5.69 Å². The second-order valence-electron chi connectivity index (χ2n) is 3.73. The van der Waals surface area contributed by atoms with E-state index in [1.165, 1.54) is 12.3 Å². The summed E-state index contributed by atoms with van der Waals surface area (Å²) in [5.74, 6) is -0.478. The average Bonchev–Trinajstić information content (AvgIpc) is 2.43. The predicted octanol–water partition coefficient (Wildman–Crippen LogP) is 4.42. The highest BCUT2D eigenvalue weighted by Crippen LogP contribution is 2.34. The number of benzene rings is 1. The van der Waals surface area contributed by atoms with Crippen molar-refractivity contribution in [2.75, 3.05) is 0 Å². The van der Waals surface area contributed by atoms with Gasteiger partial charge in [0.25, 0.3) is 0 Å². The van der Waals surface area contributed by atoms with E-state index in [0.717, 1.165) is 17.7 Å². The largest absolute Gasteiger partial charge is 0.432 e. The Balaban J connectivity index is 2.36. The number of pyridine rings is 1. The summed E-state index contributed by atoms with van der Waals surface area (Å²) in [6, 6.07) is 5.13. The molecule has 0 saturated carbocycles. The second-order valence-corrected chi connectivity index (χ2v) is 4.85. The third-order valence-corrected chi connectivity index (χ3v) is 3.28. The Morgan fingerprint density at radius 3 is 2.75 bits per heavy atom. The first kappa shape index (κ1) is 14.7. The van der Waals surface area contributed by atoms with Crippen molar-refractivity contribution in [2.45, 2.75) is 5.88 Å². The minimum Gasteiger partial charge on any atom is -0.432 e. The number of halogens is 3. The first-order chi connectivity index (χ1) is 9.51. The van der Waals surface area contributed by atoms with E-state index in [0.29, 0.717) is 5.88 Å². The molecule has 0 radical (unpaired) electrons. The van der Waals surface area contributed by atoms with Crippen LogP contribution >= 0.6 is 27.5 Å². The Labute approximate surface area is 126 Å². The molecule has 2 rings (SSSR count).